The zero-order valence-electron chi connectivity index (χ0n) is 31.7. The molecule has 0 bridgehead atoms. The molecule has 0 aliphatic rings. The lowest BCUT2D eigenvalue weighted by Crippen LogP contribution is -2.75. The topological polar surface area (TPSA) is 70.2 Å². The van der Waals surface area contributed by atoms with Gasteiger partial charge in [0.15, 0.2) is 0 Å². The Morgan fingerprint density at radius 2 is 1.00 bits per heavy atom. The highest BCUT2D eigenvalue weighted by Crippen LogP contribution is 2.31. The van der Waals surface area contributed by atoms with Gasteiger partial charge >= 0.3 is 0 Å². The summed E-state index contributed by atoms with van der Waals surface area (Å²) in [5, 5.41) is 4.59. The molecule has 5 aromatic heterocycles. The molecule has 276 valence electrons. The van der Waals surface area contributed by atoms with E-state index < -0.39 is 8.07 Å². The van der Waals surface area contributed by atoms with E-state index in [-0.39, 0.29) is 0 Å². The number of allylic oxidation sites excluding steroid dienone is 2. The molecular weight excluding hydrogens is 729 g/mol. The minimum Gasteiger partial charge on any atom is -0.276 e. The fraction of sp³-hybridized carbons (Fsp3) is 0.0204. The standard InChI is InChI=1S/C49H36N8Si/c1-3-4-27-39-34(2)50-48-54(39)41-29-16-18-31-43(41)56(48)45-33-46(58(35-20-8-5-9-21-35,36-22-10-6-11-23-36)37-24-12-7-13-25-37)53-47(52-45)57-44-32-19-17-30-42(44)55-40-28-15-14-26-38(40)51-49(55)57/h3-33H,1H2,2H3/b27-4-. The van der Waals surface area contributed by atoms with Crippen molar-refractivity contribution in [3.8, 4) is 11.8 Å². The highest BCUT2D eigenvalue weighted by atomic mass is 28.3. The molecular formula is C49H36N8Si. The van der Waals surface area contributed by atoms with Crippen molar-refractivity contribution >= 4 is 79.7 Å². The van der Waals surface area contributed by atoms with E-state index in [9.17, 15) is 0 Å². The lowest BCUT2D eigenvalue weighted by atomic mass is 10.3. The molecule has 11 aromatic rings. The van der Waals surface area contributed by atoms with E-state index in [4.69, 9.17) is 19.9 Å². The largest absolute Gasteiger partial charge is 0.276 e. The molecule has 8 nitrogen and oxygen atoms in total. The van der Waals surface area contributed by atoms with Gasteiger partial charge in [0.25, 0.3) is 0 Å². The van der Waals surface area contributed by atoms with Gasteiger partial charge in [-0.25, -0.2) is 19.5 Å². The molecule has 0 saturated heterocycles. The molecule has 9 heteroatoms. The number of benzene rings is 6. The number of aromatic nitrogens is 8. The van der Waals surface area contributed by atoms with Crippen LogP contribution in [-0.4, -0.2) is 45.9 Å². The van der Waals surface area contributed by atoms with Crippen LogP contribution in [0.1, 0.15) is 11.4 Å². The molecule has 0 N–H and O–H groups in total. The van der Waals surface area contributed by atoms with Crippen molar-refractivity contribution in [1.82, 2.24) is 37.9 Å². The summed E-state index contributed by atoms with van der Waals surface area (Å²) in [7, 11) is -3.17. The third-order valence-corrected chi connectivity index (χ3v) is 15.9. The molecule has 0 atom stereocenters. The number of fused-ring (bicyclic) bond motifs is 8. The molecule has 0 saturated carbocycles. The highest BCUT2D eigenvalue weighted by molar-refractivity contribution is 7.19. The summed E-state index contributed by atoms with van der Waals surface area (Å²) in [6.07, 6.45) is 5.82. The number of rotatable bonds is 8. The Bertz CT molecular complexity index is 3280. The molecule has 0 radical (unpaired) electrons. The first-order valence-electron chi connectivity index (χ1n) is 19.4. The zero-order valence-corrected chi connectivity index (χ0v) is 32.7. The molecule has 5 heterocycles. The molecule has 58 heavy (non-hydrogen) atoms. The van der Waals surface area contributed by atoms with Gasteiger partial charge in [-0.05, 0) is 65.0 Å². The molecule has 0 aliphatic carbocycles. The second-order valence-corrected chi connectivity index (χ2v) is 18.2. The Morgan fingerprint density at radius 3 is 1.60 bits per heavy atom. The van der Waals surface area contributed by atoms with Gasteiger partial charge in [-0.1, -0.05) is 146 Å². The number of nitrogens with zero attached hydrogens (tertiary/aromatic N) is 8. The van der Waals surface area contributed by atoms with Crippen LogP contribution in [0, 0.1) is 6.92 Å². The van der Waals surface area contributed by atoms with E-state index in [1.165, 1.54) is 15.6 Å². The van der Waals surface area contributed by atoms with Crippen LogP contribution in [0.15, 0.2) is 189 Å². The number of imidazole rings is 4. The number of para-hydroxylation sites is 6. The Morgan fingerprint density at radius 1 is 0.500 bits per heavy atom. The third kappa shape index (κ3) is 4.87. The summed E-state index contributed by atoms with van der Waals surface area (Å²) in [5.41, 5.74) is 7.81. The number of hydrogen-bond donors (Lipinski definition) is 0. The normalized spacial score (nSPS) is 12.2. The molecule has 0 amide bonds. The smallest absolute Gasteiger partial charge is 0.238 e. The van der Waals surface area contributed by atoms with Crippen molar-refractivity contribution < 1.29 is 0 Å². The van der Waals surface area contributed by atoms with Gasteiger partial charge in [0.05, 0.1) is 44.5 Å². The predicted octanol–water partition coefficient (Wildman–Crippen LogP) is 7.70. The van der Waals surface area contributed by atoms with Crippen LogP contribution >= 0.6 is 0 Å². The summed E-state index contributed by atoms with van der Waals surface area (Å²) < 4.78 is 8.75. The van der Waals surface area contributed by atoms with Crippen molar-refractivity contribution in [1.29, 1.82) is 0 Å². The SMILES string of the molecule is C=C/C=C\c1c(C)nc2n(-c3cc([Si](c4ccccc4)(c4ccccc4)c4ccccc4)nc(-n4c5ccccc5n5c6ccccc6nc45)n3)c3ccccc3n12. The van der Waals surface area contributed by atoms with E-state index in [0.29, 0.717) is 11.8 Å². The van der Waals surface area contributed by atoms with Crippen molar-refractivity contribution in [2.75, 3.05) is 0 Å². The van der Waals surface area contributed by atoms with Gasteiger partial charge < -0.3 is 0 Å². The zero-order chi connectivity index (χ0) is 38.8. The van der Waals surface area contributed by atoms with E-state index in [1.807, 2.05) is 12.1 Å². The summed E-state index contributed by atoms with van der Waals surface area (Å²) in [6, 6.07) is 60.0. The van der Waals surface area contributed by atoms with Gasteiger partial charge in [-0.15, -0.1) is 0 Å². The minimum absolute atomic E-state index is 0.527. The average molecular weight is 765 g/mol. The summed E-state index contributed by atoms with van der Waals surface area (Å²) in [5.74, 6) is 2.74. The van der Waals surface area contributed by atoms with E-state index >= 15 is 0 Å². The Labute approximate surface area is 335 Å². The maximum atomic E-state index is 5.78. The molecule has 0 aliphatic heterocycles. The first-order chi connectivity index (χ1) is 28.7. The number of hydrogen-bond acceptors (Lipinski definition) is 4. The van der Waals surface area contributed by atoms with Gasteiger partial charge in [-0.2, -0.15) is 4.98 Å². The Balaban J connectivity index is 1.34. The van der Waals surface area contributed by atoms with Crippen molar-refractivity contribution in [3.05, 3.63) is 200 Å². The third-order valence-electron chi connectivity index (χ3n) is 11.3. The summed E-state index contributed by atoms with van der Waals surface area (Å²) in [6.45, 7) is 5.99. The second-order valence-electron chi connectivity index (χ2n) is 14.5. The van der Waals surface area contributed by atoms with Crippen LogP contribution in [0.25, 0.3) is 62.5 Å². The van der Waals surface area contributed by atoms with Crippen LogP contribution in [0.5, 0.6) is 0 Å². The lowest BCUT2D eigenvalue weighted by molar-refractivity contribution is 0.934. The van der Waals surface area contributed by atoms with E-state index in [2.05, 4.69) is 201 Å². The van der Waals surface area contributed by atoms with Crippen molar-refractivity contribution in [3.63, 3.8) is 0 Å². The van der Waals surface area contributed by atoms with E-state index in [1.54, 1.807) is 6.08 Å². The fourth-order valence-corrected chi connectivity index (χ4v) is 13.4. The first kappa shape index (κ1) is 33.7. The molecule has 11 rings (SSSR count). The Hall–Kier alpha value is -7.62. The van der Waals surface area contributed by atoms with Crippen molar-refractivity contribution in [2.24, 2.45) is 0 Å². The van der Waals surface area contributed by atoms with Gasteiger partial charge in [0, 0.05) is 11.4 Å². The predicted molar refractivity (Wildman–Crippen MR) is 238 cm³/mol. The molecule has 0 unspecified atom stereocenters. The Kier molecular flexibility index (Phi) is 7.70. The minimum atomic E-state index is -3.17. The maximum absolute atomic E-state index is 5.78. The second kappa shape index (κ2) is 13.3. The summed E-state index contributed by atoms with van der Waals surface area (Å²) >= 11 is 0. The lowest BCUT2D eigenvalue weighted by Gasteiger charge is -2.33. The first-order valence-corrected chi connectivity index (χ1v) is 21.4. The molecule has 6 aromatic carbocycles. The molecule has 0 spiro atoms. The van der Waals surface area contributed by atoms with Crippen molar-refractivity contribution in [2.45, 2.75) is 6.92 Å². The van der Waals surface area contributed by atoms with Crippen LogP contribution in [0.3, 0.4) is 0 Å². The quantitative estimate of drug-likeness (QED) is 0.0905. The highest BCUT2D eigenvalue weighted by Gasteiger charge is 2.44. The van der Waals surface area contributed by atoms with Gasteiger partial charge in [-0.3, -0.25) is 13.4 Å². The van der Waals surface area contributed by atoms with Crippen LogP contribution in [0.2, 0.25) is 0 Å². The van der Waals surface area contributed by atoms with Crippen LogP contribution < -0.4 is 20.9 Å². The molecule has 0 fully saturated rings. The van der Waals surface area contributed by atoms with Gasteiger partial charge in [0.2, 0.25) is 25.6 Å². The number of aryl methyl sites for hydroxylation is 1. The van der Waals surface area contributed by atoms with Gasteiger partial charge in [0.1, 0.15) is 5.82 Å². The van der Waals surface area contributed by atoms with E-state index in [0.717, 1.165) is 61.4 Å². The summed E-state index contributed by atoms with van der Waals surface area (Å²) in [4.78, 5) is 21.8. The monoisotopic (exact) mass is 764 g/mol. The average Bonchev–Trinajstić information content (AvgIpc) is 4.00. The van der Waals surface area contributed by atoms with Crippen LogP contribution in [0.4, 0.5) is 0 Å². The van der Waals surface area contributed by atoms with Crippen LogP contribution in [-0.2, 0) is 0 Å². The maximum Gasteiger partial charge on any atom is 0.238 e. The fourth-order valence-electron chi connectivity index (χ4n) is 8.83.